The molecule has 3 aromatic rings. The highest BCUT2D eigenvalue weighted by Crippen LogP contribution is 2.33. The molecule has 0 fully saturated rings. The van der Waals surface area contributed by atoms with Crippen molar-refractivity contribution in [3.05, 3.63) is 107 Å². The first-order chi connectivity index (χ1) is 13.6. The molecule has 0 saturated heterocycles. The third-order valence-corrected chi connectivity index (χ3v) is 5.11. The Morgan fingerprint density at radius 3 is 2.46 bits per heavy atom. The predicted molar refractivity (Wildman–Crippen MR) is 110 cm³/mol. The summed E-state index contributed by atoms with van der Waals surface area (Å²) in [6, 6.07) is 22.0. The van der Waals surface area contributed by atoms with Gasteiger partial charge in [-0.15, -0.1) is 0 Å². The van der Waals surface area contributed by atoms with Crippen LogP contribution in [0.15, 0.2) is 78.9 Å². The van der Waals surface area contributed by atoms with Crippen molar-refractivity contribution in [2.75, 3.05) is 0 Å². The highest BCUT2D eigenvalue weighted by molar-refractivity contribution is 5.67. The lowest BCUT2D eigenvalue weighted by Crippen LogP contribution is -2.39. The highest BCUT2D eigenvalue weighted by atomic mass is 19.1. The van der Waals surface area contributed by atoms with Gasteiger partial charge in [0.2, 0.25) is 0 Å². The molecule has 1 aliphatic rings. The van der Waals surface area contributed by atoms with Crippen LogP contribution in [0.1, 0.15) is 41.4 Å². The van der Waals surface area contributed by atoms with Crippen molar-refractivity contribution < 1.29 is 9.50 Å². The first-order valence-electron chi connectivity index (χ1n) is 9.51. The summed E-state index contributed by atoms with van der Waals surface area (Å²) in [7, 11) is 0. The summed E-state index contributed by atoms with van der Waals surface area (Å²) in [5.41, 5.74) is 4.87. The third-order valence-electron chi connectivity index (χ3n) is 5.11. The van der Waals surface area contributed by atoms with E-state index in [4.69, 9.17) is 0 Å². The SMILES string of the molecule is CCc1ccc(C2=CC(c3ccccc3O)NC(c3cccc(F)c3)N2)cc1. The largest absolute Gasteiger partial charge is 0.508 e. The van der Waals surface area contributed by atoms with Gasteiger partial charge in [0.1, 0.15) is 17.7 Å². The lowest BCUT2D eigenvalue weighted by atomic mass is 9.97. The number of hydrogen-bond acceptors (Lipinski definition) is 3. The summed E-state index contributed by atoms with van der Waals surface area (Å²) in [6.45, 7) is 2.13. The van der Waals surface area contributed by atoms with Crippen molar-refractivity contribution in [1.82, 2.24) is 10.6 Å². The van der Waals surface area contributed by atoms with Crippen LogP contribution in [0.4, 0.5) is 4.39 Å². The van der Waals surface area contributed by atoms with Crippen LogP contribution < -0.4 is 10.6 Å². The summed E-state index contributed by atoms with van der Waals surface area (Å²) in [6.07, 6.45) is 2.76. The molecule has 3 nitrogen and oxygen atoms in total. The fraction of sp³-hybridized carbons (Fsp3) is 0.167. The first-order valence-corrected chi connectivity index (χ1v) is 9.51. The number of phenols is 1. The average Bonchev–Trinajstić information content (AvgIpc) is 2.74. The molecule has 3 aromatic carbocycles. The number of aryl methyl sites for hydroxylation is 1. The van der Waals surface area contributed by atoms with Gasteiger partial charge in [-0.3, -0.25) is 5.32 Å². The van der Waals surface area contributed by atoms with Crippen LogP contribution in [0.3, 0.4) is 0 Å². The van der Waals surface area contributed by atoms with Crippen LogP contribution in [-0.2, 0) is 6.42 Å². The van der Waals surface area contributed by atoms with Crippen molar-refractivity contribution in [2.24, 2.45) is 0 Å². The van der Waals surface area contributed by atoms with E-state index in [0.29, 0.717) is 0 Å². The number of hydrogen-bond donors (Lipinski definition) is 3. The van der Waals surface area contributed by atoms with Gasteiger partial charge in [-0.1, -0.05) is 61.5 Å². The Bertz CT molecular complexity index is 997. The van der Waals surface area contributed by atoms with Gasteiger partial charge in [-0.2, -0.15) is 0 Å². The second-order valence-electron chi connectivity index (χ2n) is 6.97. The van der Waals surface area contributed by atoms with Crippen LogP contribution in [0.2, 0.25) is 0 Å². The fourth-order valence-electron chi connectivity index (χ4n) is 3.53. The number of para-hydroxylation sites is 1. The lowest BCUT2D eigenvalue weighted by molar-refractivity contribution is 0.418. The monoisotopic (exact) mass is 374 g/mol. The maximum atomic E-state index is 13.8. The number of aromatic hydroxyl groups is 1. The van der Waals surface area contributed by atoms with E-state index in [-0.39, 0.29) is 23.8 Å². The van der Waals surface area contributed by atoms with Crippen molar-refractivity contribution >= 4 is 5.70 Å². The van der Waals surface area contributed by atoms with Crippen LogP contribution in [0, 0.1) is 5.82 Å². The minimum absolute atomic E-state index is 0.212. The number of halogens is 1. The van der Waals surface area contributed by atoms with E-state index < -0.39 is 0 Å². The highest BCUT2D eigenvalue weighted by Gasteiger charge is 2.25. The van der Waals surface area contributed by atoms with Gasteiger partial charge < -0.3 is 10.4 Å². The van der Waals surface area contributed by atoms with E-state index in [9.17, 15) is 9.50 Å². The molecule has 142 valence electrons. The Kier molecular flexibility index (Phi) is 5.13. The third kappa shape index (κ3) is 3.78. The molecule has 0 saturated carbocycles. The Morgan fingerprint density at radius 2 is 1.75 bits per heavy atom. The number of phenolic OH excluding ortho intramolecular Hbond substituents is 1. The fourth-order valence-corrected chi connectivity index (χ4v) is 3.53. The molecule has 1 heterocycles. The van der Waals surface area contributed by atoms with Gasteiger partial charge in [0.25, 0.3) is 0 Å². The maximum absolute atomic E-state index is 13.8. The van der Waals surface area contributed by atoms with E-state index in [0.717, 1.165) is 28.8 Å². The standard InChI is InChI=1S/C24H23FN2O/c1-2-16-10-12-17(13-11-16)21-15-22(20-8-3-4-9-23(20)28)27-24(26-21)18-6-5-7-19(25)14-18/h3-15,22,24,26-28H,2H2,1H3. The van der Waals surface area contributed by atoms with E-state index in [1.54, 1.807) is 18.2 Å². The Balaban J connectivity index is 1.75. The minimum Gasteiger partial charge on any atom is -0.508 e. The van der Waals surface area contributed by atoms with E-state index in [2.05, 4.69) is 47.9 Å². The van der Waals surface area contributed by atoms with Crippen molar-refractivity contribution in [2.45, 2.75) is 25.6 Å². The zero-order valence-electron chi connectivity index (χ0n) is 15.7. The van der Waals surface area contributed by atoms with E-state index in [1.807, 2.05) is 18.2 Å². The number of rotatable bonds is 4. The quantitative estimate of drug-likeness (QED) is 0.598. The molecule has 0 aromatic heterocycles. The molecule has 28 heavy (non-hydrogen) atoms. The molecule has 4 rings (SSSR count). The number of nitrogens with one attached hydrogen (secondary N) is 2. The lowest BCUT2D eigenvalue weighted by Gasteiger charge is -2.33. The van der Waals surface area contributed by atoms with Gasteiger partial charge in [0.15, 0.2) is 0 Å². The average molecular weight is 374 g/mol. The summed E-state index contributed by atoms with van der Waals surface area (Å²) in [5.74, 6) is -0.0413. The smallest absolute Gasteiger partial charge is 0.123 e. The van der Waals surface area contributed by atoms with Crippen LogP contribution in [0.5, 0.6) is 5.75 Å². The molecule has 0 aliphatic carbocycles. The molecule has 1 aliphatic heterocycles. The molecular formula is C24H23FN2O. The second kappa shape index (κ2) is 7.87. The van der Waals surface area contributed by atoms with Crippen LogP contribution in [0.25, 0.3) is 5.70 Å². The predicted octanol–water partition coefficient (Wildman–Crippen LogP) is 5.07. The molecule has 0 spiro atoms. The van der Waals surface area contributed by atoms with E-state index >= 15 is 0 Å². The normalized spacial score (nSPS) is 19.0. The first kappa shape index (κ1) is 18.3. The van der Waals surface area contributed by atoms with E-state index in [1.165, 1.54) is 17.7 Å². The zero-order chi connectivity index (χ0) is 19.5. The number of benzene rings is 3. The molecule has 2 atom stereocenters. The topological polar surface area (TPSA) is 44.3 Å². The van der Waals surface area contributed by atoms with Gasteiger partial charge in [0.05, 0.1) is 6.04 Å². The Hall–Kier alpha value is -3.11. The van der Waals surface area contributed by atoms with Crippen molar-refractivity contribution in [1.29, 1.82) is 0 Å². The van der Waals surface area contributed by atoms with Crippen LogP contribution >= 0.6 is 0 Å². The molecule has 2 unspecified atom stereocenters. The zero-order valence-corrected chi connectivity index (χ0v) is 15.7. The van der Waals surface area contributed by atoms with Gasteiger partial charge in [0, 0.05) is 11.3 Å². The maximum Gasteiger partial charge on any atom is 0.123 e. The molecule has 0 bridgehead atoms. The van der Waals surface area contributed by atoms with Gasteiger partial charge in [-0.05, 0) is 47.4 Å². The molecule has 0 radical (unpaired) electrons. The summed E-state index contributed by atoms with van der Waals surface area (Å²) in [5, 5.41) is 17.3. The molecule has 4 heteroatoms. The Morgan fingerprint density at radius 1 is 0.964 bits per heavy atom. The minimum atomic E-state index is -0.286. The summed E-state index contributed by atoms with van der Waals surface area (Å²) >= 11 is 0. The van der Waals surface area contributed by atoms with Crippen molar-refractivity contribution in [3.8, 4) is 5.75 Å². The van der Waals surface area contributed by atoms with Gasteiger partial charge in [-0.25, -0.2) is 4.39 Å². The second-order valence-corrected chi connectivity index (χ2v) is 6.97. The summed E-state index contributed by atoms with van der Waals surface area (Å²) in [4.78, 5) is 0. The van der Waals surface area contributed by atoms with Crippen molar-refractivity contribution in [3.63, 3.8) is 0 Å². The Labute approximate surface area is 164 Å². The molecule has 0 amide bonds. The molecular weight excluding hydrogens is 351 g/mol. The molecule has 3 N–H and O–H groups in total. The van der Waals surface area contributed by atoms with Gasteiger partial charge >= 0.3 is 0 Å². The van der Waals surface area contributed by atoms with Crippen LogP contribution in [-0.4, -0.2) is 5.11 Å². The summed E-state index contributed by atoms with van der Waals surface area (Å²) < 4.78 is 13.8.